The van der Waals surface area contributed by atoms with Crippen molar-refractivity contribution in [3.63, 3.8) is 0 Å². The summed E-state index contributed by atoms with van der Waals surface area (Å²) < 4.78 is 11.4. The van der Waals surface area contributed by atoms with Gasteiger partial charge in [0.25, 0.3) is 0 Å². The molecule has 1 aliphatic rings. The Labute approximate surface area is 112 Å². The molecule has 1 unspecified atom stereocenters. The standard InChI is InChI=1S/C11H11BrN4O2/c12-7-1-2-8(14-5-7)9-15-10(18-16-9)11(13)3-4-17-6-11/h1-2,5H,3-4,6,13H2. The molecule has 18 heavy (non-hydrogen) atoms. The van der Waals surface area contributed by atoms with Crippen molar-refractivity contribution >= 4 is 15.9 Å². The third-order valence-corrected chi connectivity index (χ3v) is 3.33. The first kappa shape index (κ1) is 11.8. The number of hydrogen-bond donors (Lipinski definition) is 1. The molecule has 0 bridgehead atoms. The van der Waals surface area contributed by atoms with Crippen LogP contribution in [0, 0.1) is 0 Å². The van der Waals surface area contributed by atoms with E-state index in [1.54, 1.807) is 6.20 Å². The van der Waals surface area contributed by atoms with Gasteiger partial charge in [0.15, 0.2) is 0 Å². The Morgan fingerprint density at radius 3 is 2.94 bits per heavy atom. The normalized spacial score (nSPS) is 23.4. The van der Waals surface area contributed by atoms with Crippen molar-refractivity contribution in [3.8, 4) is 11.5 Å². The average Bonchev–Trinajstić information content (AvgIpc) is 2.99. The molecular weight excluding hydrogens is 300 g/mol. The molecule has 1 saturated heterocycles. The van der Waals surface area contributed by atoms with Crippen molar-refractivity contribution in [1.82, 2.24) is 15.1 Å². The predicted octanol–water partition coefficient (Wildman–Crippen LogP) is 1.47. The lowest BCUT2D eigenvalue weighted by Crippen LogP contribution is -2.37. The van der Waals surface area contributed by atoms with Crippen LogP contribution in [0.4, 0.5) is 0 Å². The van der Waals surface area contributed by atoms with Crippen LogP contribution in [0.5, 0.6) is 0 Å². The van der Waals surface area contributed by atoms with Crippen LogP contribution in [0.2, 0.25) is 0 Å². The van der Waals surface area contributed by atoms with E-state index in [4.69, 9.17) is 15.0 Å². The van der Waals surface area contributed by atoms with E-state index in [1.807, 2.05) is 12.1 Å². The maximum atomic E-state index is 6.15. The summed E-state index contributed by atoms with van der Waals surface area (Å²) in [5, 5.41) is 3.91. The van der Waals surface area contributed by atoms with Gasteiger partial charge >= 0.3 is 0 Å². The van der Waals surface area contributed by atoms with Crippen LogP contribution in [-0.2, 0) is 10.3 Å². The molecule has 0 saturated carbocycles. The average molecular weight is 311 g/mol. The van der Waals surface area contributed by atoms with E-state index in [9.17, 15) is 0 Å². The zero-order valence-corrected chi connectivity index (χ0v) is 11.1. The van der Waals surface area contributed by atoms with E-state index in [-0.39, 0.29) is 0 Å². The maximum Gasteiger partial charge on any atom is 0.249 e. The minimum Gasteiger partial charge on any atom is -0.379 e. The van der Waals surface area contributed by atoms with Crippen LogP contribution in [-0.4, -0.2) is 28.3 Å². The van der Waals surface area contributed by atoms with Gasteiger partial charge in [-0.15, -0.1) is 0 Å². The molecule has 2 aromatic rings. The van der Waals surface area contributed by atoms with E-state index in [0.717, 1.165) is 4.47 Å². The predicted molar refractivity (Wildman–Crippen MR) is 66.5 cm³/mol. The quantitative estimate of drug-likeness (QED) is 0.903. The minimum atomic E-state index is -0.666. The SMILES string of the molecule is NC1(c2nc(-c3ccc(Br)cn3)no2)CCOC1. The molecular formula is C11H11BrN4O2. The zero-order chi connectivity index (χ0) is 12.6. The summed E-state index contributed by atoms with van der Waals surface area (Å²) in [5.41, 5.74) is 6.13. The van der Waals surface area contributed by atoms with Crippen molar-refractivity contribution < 1.29 is 9.26 Å². The summed E-state index contributed by atoms with van der Waals surface area (Å²) in [6.45, 7) is 1.02. The lowest BCUT2D eigenvalue weighted by molar-refractivity contribution is 0.166. The fourth-order valence-electron chi connectivity index (χ4n) is 1.79. The Morgan fingerprint density at radius 2 is 2.28 bits per heavy atom. The van der Waals surface area contributed by atoms with Crippen LogP contribution in [0.1, 0.15) is 12.3 Å². The first-order chi connectivity index (χ1) is 8.67. The number of nitrogens with two attached hydrogens (primary N) is 1. The molecule has 1 aliphatic heterocycles. The molecule has 0 spiro atoms. The van der Waals surface area contributed by atoms with Crippen LogP contribution in [0.25, 0.3) is 11.5 Å². The third-order valence-electron chi connectivity index (χ3n) is 2.86. The molecule has 0 radical (unpaired) electrons. The third kappa shape index (κ3) is 2.05. The van der Waals surface area contributed by atoms with Crippen LogP contribution in [0.3, 0.4) is 0 Å². The Bertz CT molecular complexity index is 548. The topological polar surface area (TPSA) is 87.1 Å². The van der Waals surface area contributed by atoms with Gasteiger partial charge in [-0.25, -0.2) is 0 Å². The summed E-state index contributed by atoms with van der Waals surface area (Å²) in [6.07, 6.45) is 2.37. The monoisotopic (exact) mass is 310 g/mol. The van der Waals surface area contributed by atoms with Gasteiger partial charge in [0, 0.05) is 17.3 Å². The van der Waals surface area contributed by atoms with E-state index in [2.05, 4.69) is 31.1 Å². The van der Waals surface area contributed by atoms with Gasteiger partial charge in [-0.2, -0.15) is 4.98 Å². The minimum absolute atomic E-state index is 0.403. The van der Waals surface area contributed by atoms with Crippen molar-refractivity contribution in [2.45, 2.75) is 12.0 Å². The van der Waals surface area contributed by atoms with Gasteiger partial charge in [0.2, 0.25) is 11.7 Å². The second-order valence-electron chi connectivity index (χ2n) is 4.24. The second kappa shape index (κ2) is 4.42. The zero-order valence-electron chi connectivity index (χ0n) is 9.47. The van der Waals surface area contributed by atoms with Crippen molar-refractivity contribution in [2.75, 3.05) is 13.2 Å². The Hall–Kier alpha value is -1.31. The van der Waals surface area contributed by atoms with Crippen LogP contribution in [0.15, 0.2) is 27.3 Å². The molecule has 3 heterocycles. The number of ether oxygens (including phenoxy) is 1. The first-order valence-electron chi connectivity index (χ1n) is 5.50. The Kier molecular flexibility index (Phi) is 2.89. The Morgan fingerprint density at radius 1 is 1.39 bits per heavy atom. The molecule has 94 valence electrons. The van der Waals surface area contributed by atoms with E-state index in [0.29, 0.717) is 37.0 Å². The molecule has 0 aromatic carbocycles. The summed E-state index contributed by atoms with van der Waals surface area (Å²) in [6, 6.07) is 3.68. The van der Waals surface area contributed by atoms with Gasteiger partial charge in [-0.05, 0) is 34.5 Å². The highest BCUT2D eigenvalue weighted by molar-refractivity contribution is 9.10. The number of rotatable bonds is 2. The largest absolute Gasteiger partial charge is 0.379 e. The van der Waals surface area contributed by atoms with Crippen molar-refractivity contribution in [3.05, 3.63) is 28.7 Å². The van der Waals surface area contributed by atoms with Gasteiger partial charge in [-0.3, -0.25) is 4.98 Å². The molecule has 0 aliphatic carbocycles. The first-order valence-corrected chi connectivity index (χ1v) is 6.29. The molecule has 3 rings (SSSR count). The number of hydrogen-bond acceptors (Lipinski definition) is 6. The smallest absolute Gasteiger partial charge is 0.249 e. The van der Waals surface area contributed by atoms with E-state index >= 15 is 0 Å². The fraction of sp³-hybridized carbons (Fsp3) is 0.364. The van der Waals surface area contributed by atoms with Crippen LogP contribution < -0.4 is 5.73 Å². The Balaban J connectivity index is 1.91. The lowest BCUT2D eigenvalue weighted by atomic mass is 10.0. The molecule has 2 aromatic heterocycles. The van der Waals surface area contributed by atoms with Crippen molar-refractivity contribution in [2.24, 2.45) is 5.73 Å². The second-order valence-corrected chi connectivity index (χ2v) is 5.16. The van der Waals surface area contributed by atoms with Crippen molar-refractivity contribution in [1.29, 1.82) is 0 Å². The highest BCUT2D eigenvalue weighted by Crippen LogP contribution is 2.27. The summed E-state index contributed by atoms with van der Waals surface area (Å²) >= 11 is 3.32. The summed E-state index contributed by atoms with van der Waals surface area (Å²) in [7, 11) is 0. The fourth-order valence-corrected chi connectivity index (χ4v) is 2.02. The molecule has 1 atom stereocenters. The summed E-state index contributed by atoms with van der Waals surface area (Å²) in [4.78, 5) is 8.51. The molecule has 0 amide bonds. The maximum absolute atomic E-state index is 6.15. The van der Waals surface area contributed by atoms with Gasteiger partial charge in [0.05, 0.1) is 6.61 Å². The van der Waals surface area contributed by atoms with Gasteiger partial charge in [-0.1, -0.05) is 5.16 Å². The van der Waals surface area contributed by atoms with E-state index in [1.165, 1.54) is 0 Å². The van der Waals surface area contributed by atoms with Gasteiger partial charge in [0.1, 0.15) is 11.2 Å². The summed E-state index contributed by atoms with van der Waals surface area (Å²) in [5.74, 6) is 0.842. The number of halogens is 1. The van der Waals surface area contributed by atoms with Gasteiger partial charge < -0.3 is 15.0 Å². The molecule has 1 fully saturated rings. The number of aromatic nitrogens is 3. The molecule has 2 N–H and O–H groups in total. The highest BCUT2D eigenvalue weighted by Gasteiger charge is 2.38. The molecule has 7 heteroatoms. The number of nitrogens with zero attached hydrogens (tertiary/aromatic N) is 3. The van der Waals surface area contributed by atoms with Crippen LogP contribution >= 0.6 is 15.9 Å². The lowest BCUT2D eigenvalue weighted by Gasteiger charge is -2.14. The number of pyridine rings is 1. The highest BCUT2D eigenvalue weighted by atomic mass is 79.9. The molecule has 6 nitrogen and oxygen atoms in total. The van der Waals surface area contributed by atoms with E-state index < -0.39 is 5.54 Å².